The summed E-state index contributed by atoms with van der Waals surface area (Å²) in [7, 11) is -3.55. The highest BCUT2D eigenvalue weighted by atomic mass is 32.2. The third-order valence-electron chi connectivity index (χ3n) is 4.45. The van der Waals surface area contributed by atoms with Crippen LogP contribution in [0.5, 0.6) is 0 Å². The summed E-state index contributed by atoms with van der Waals surface area (Å²) >= 11 is 0. The van der Waals surface area contributed by atoms with Gasteiger partial charge in [0.25, 0.3) is 0 Å². The first-order valence-electron chi connectivity index (χ1n) is 8.44. The molecular formula is C17H27N3O3S. The average Bonchev–Trinajstić information content (AvgIpc) is 2.58. The van der Waals surface area contributed by atoms with Gasteiger partial charge in [0.1, 0.15) is 6.04 Å². The summed E-state index contributed by atoms with van der Waals surface area (Å²) in [5, 5.41) is 0. The quantitative estimate of drug-likeness (QED) is 0.775. The molecule has 0 spiro atoms. The number of sulfonamides is 1. The van der Waals surface area contributed by atoms with Crippen LogP contribution in [0, 0.1) is 0 Å². The van der Waals surface area contributed by atoms with Gasteiger partial charge in [0.05, 0.1) is 11.9 Å². The number of likely N-dealkylation sites (N-methyl/N-ethyl adjacent to an activating group) is 1. The minimum absolute atomic E-state index is 0.109. The van der Waals surface area contributed by atoms with E-state index in [9.17, 15) is 13.2 Å². The van der Waals surface area contributed by atoms with Crippen LogP contribution in [0.15, 0.2) is 30.3 Å². The van der Waals surface area contributed by atoms with Crippen molar-refractivity contribution < 1.29 is 13.2 Å². The lowest BCUT2D eigenvalue weighted by Crippen LogP contribution is -2.55. The van der Waals surface area contributed by atoms with Crippen molar-refractivity contribution in [2.24, 2.45) is 0 Å². The van der Waals surface area contributed by atoms with E-state index in [0.29, 0.717) is 25.2 Å². The fourth-order valence-corrected chi connectivity index (χ4v) is 4.32. The minimum Gasteiger partial charge on any atom is -0.338 e. The average molecular weight is 353 g/mol. The van der Waals surface area contributed by atoms with Crippen LogP contribution in [0.4, 0.5) is 5.69 Å². The van der Waals surface area contributed by atoms with Crippen molar-refractivity contribution in [2.45, 2.75) is 26.3 Å². The molecule has 0 bridgehead atoms. The zero-order valence-corrected chi connectivity index (χ0v) is 15.5. The zero-order chi connectivity index (χ0) is 17.7. The van der Waals surface area contributed by atoms with Crippen LogP contribution in [-0.4, -0.2) is 69.1 Å². The van der Waals surface area contributed by atoms with Crippen molar-refractivity contribution in [1.29, 1.82) is 0 Å². The van der Waals surface area contributed by atoms with Gasteiger partial charge in [-0.1, -0.05) is 32.0 Å². The van der Waals surface area contributed by atoms with Crippen molar-refractivity contribution in [3.05, 3.63) is 30.3 Å². The van der Waals surface area contributed by atoms with E-state index >= 15 is 0 Å². The Bertz CT molecular complexity index is 640. The molecule has 0 aromatic heterocycles. The summed E-state index contributed by atoms with van der Waals surface area (Å²) in [6.07, 6.45) is 1.60. The Morgan fingerprint density at radius 1 is 1.12 bits per heavy atom. The Labute approximate surface area is 145 Å². The van der Waals surface area contributed by atoms with Gasteiger partial charge < -0.3 is 9.80 Å². The number of nitrogens with zero attached hydrogens (tertiary/aromatic N) is 3. The fourth-order valence-electron chi connectivity index (χ4n) is 3.11. The summed E-state index contributed by atoms with van der Waals surface area (Å²) < 4.78 is 26.0. The second kappa shape index (κ2) is 7.98. The highest BCUT2D eigenvalue weighted by Crippen LogP contribution is 2.23. The van der Waals surface area contributed by atoms with Crippen molar-refractivity contribution in [2.75, 3.05) is 43.3 Å². The van der Waals surface area contributed by atoms with Gasteiger partial charge in [-0.2, -0.15) is 0 Å². The predicted octanol–water partition coefficient (Wildman–Crippen LogP) is 1.40. The van der Waals surface area contributed by atoms with E-state index in [1.165, 1.54) is 4.31 Å². The largest absolute Gasteiger partial charge is 0.338 e. The van der Waals surface area contributed by atoms with E-state index < -0.39 is 16.1 Å². The molecule has 6 nitrogen and oxygen atoms in total. The van der Waals surface area contributed by atoms with Gasteiger partial charge >= 0.3 is 0 Å². The molecule has 1 unspecified atom stereocenters. The number of hydrogen-bond donors (Lipinski definition) is 0. The first kappa shape index (κ1) is 18.7. The Balaban J connectivity index is 2.25. The summed E-state index contributed by atoms with van der Waals surface area (Å²) in [5.74, 6) is -0.109. The van der Waals surface area contributed by atoms with Crippen LogP contribution in [0.3, 0.4) is 0 Å². The molecule has 1 aliphatic rings. The normalized spacial score (nSPS) is 17.5. The minimum atomic E-state index is -3.55. The third-order valence-corrected chi connectivity index (χ3v) is 5.63. The second-order valence-electron chi connectivity index (χ2n) is 6.08. The molecule has 0 N–H and O–H groups in total. The number of anilines is 1. The van der Waals surface area contributed by atoms with Gasteiger partial charge in [0.2, 0.25) is 15.9 Å². The number of carbonyl (C=O) groups excluding carboxylic acids is 1. The third kappa shape index (κ3) is 4.27. The maximum Gasteiger partial charge on any atom is 0.246 e. The second-order valence-corrected chi connectivity index (χ2v) is 7.94. The molecule has 1 amide bonds. The molecule has 0 saturated carbocycles. The summed E-state index contributed by atoms with van der Waals surface area (Å²) in [6, 6.07) is 8.15. The van der Waals surface area contributed by atoms with E-state index in [-0.39, 0.29) is 5.91 Å². The molecular weight excluding hydrogens is 326 g/mol. The Hall–Kier alpha value is -1.60. The maximum atomic E-state index is 13.0. The molecule has 0 aliphatic carbocycles. The Morgan fingerprint density at radius 2 is 1.71 bits per heavy atom. The van der Waals surface area contributed by atoms with Crippen molar-refractivity contribution in [1.82, 2.24) is 9.80 Å². The smallest absolute Gasteiger partial charge is 0.246 e. The molecule has 7 heteroatoms. The first-order valence-corrected chi connectivity index (χ1v) is 10.3. The number of rotatable bonds is 6. The molecule has 1 fully saturated rings. The molecule has 24 heavy (non-hydrogen) atoms. The standard InChI is InChI=1S/C17H27N3O3S/c1-4-16(17(21)19-13-11-18(5-2)12-14-19)20(24(3,22)23)15-9-7-6-8-10-15/h6-10,16H,4-5,11-14H2,1-3H3. The summed E-state index contributed by atoms with van der Waals surface area (Å²) in [5.41, 5.74) is 0.535. The molecule has 1 atom stereocenters. The Morgan fingerprint density at radius 3 is 2.17 bits per heavy atom. The van der Waals surface area contributed by atoms with Gasteiger partial charge in [0.15, 0.2) is 0 Å². The van der Waals surface area contributed by atoms with Crippen LogP contribution in [-0.2, 0) is 14.8 Å². The molecule has 2 rings (SSSR count). The monoisotopic (exact) mass is 353 g/mol. The van der Waals surface area contributed by atoms with Gasteiger partial charge in [-0.3, -0.25) is 9.10 Å². The Kier molecular flexibility index (Phi) is 6.23. The highest BCUT2D eigenvalue weighted by Gasteiger charge is 2.35. The zero-order valence-electron chi connectivity index (χ0n) is 14.7. The van der Waals surface area contributed by atoms with Crippen LogP contribution in [0.2, 0.25) is 0 Å². The molecule has 1 aromatic carbocycles. The predicted molar refractivity (Wildman–Crippen MR) is 96.5 cm³/mol. The molecule has 0 radical (unpaired) electrons. The number of amides is 1. The lowest BCUT2D eigenvalue weighted by atomic mass is 10.1. The van der Waals surface area contributed by atoms with Crippen LogP contribution in [0.25, 0.3) is 0 Å². The van der Waals surface area contributed by atoms with E-state index in [1.807, 2.05) is 13.0 Å². The van der Waals surface area contributed by atoms with Crippen LogP contribution >= 0.6 is 0 Å². The van der Waals surface area contributed by atoms with E-state index in [4.69, 9.17) is 0 Å². The number of para-hydroxylation sites is 1. The lowest BCUT2D eigenvalue weighted by Gasteiger charge is -2.38. The van der Waals surface area contributed by atoms with Crippen LogP contribution < -0.4 is 4.31 Å². The molecule has 1 heterocycles. The highest BCUT2D eigenvalue weighted by molar-refractivity contribution is 7.92. The number of benzene rings is 1. The summed E-state index contributed by atoms with van der Waals surface area (Å²) in [4.78, 5) is 17.1. The lowest BCUT2D eigenvalue weighted by molar-refractivity contribution is -0.134. The van der Waals surface area contributed by atoms with Gasteiger partial charge in [-0.25, -0.2) is 8.42 Å². The van der Waals surface area contributed by atoms with E-state index in [0.717, 1.165) is 25.9 Å². The number of carbonyl (C=O) groups is 1. The van der Waals surface area contributed by atoms with E-state index in [1.54, 1.807) is 29.2 Å². The van der Waals surface area contributed by atoms with Gasteiger partial charge in [-0.05, 0) is 25.1 Å². The SMILES string of the molecule is CCC(C(=O)N1CCN(CC)CC1)N(c1ccccc1)S(C)(=O)=O. The molecule has 1 aromatic rings. The fraction of sp³-hybridized carbons (Fsp3) is 0.588. The maximum absolute atomic E-state index is 13.0. The topological polar surface area (TPSA) is 60.9 Å². The summed E-state index contributed by atoms with van der Waals surface area (Å²) in [6.45, 7) is 7.90. The number of hydrogen-bond acceptors (Lipinski definition) is 4. The van der Waals surface area contributed by atoms with Gasteiger partial charge in [0, 0.05) is 26.2 Å². The van der Waals surface area contributed by atoms with Crippen LogP contribution in [0.1, 0.15) is 20.3 Å². The molecule has 1 aliphatic heterocycles. The molecule has 134 valence electrons. The van der Waals surface area contributed by atoms with Gasteiger partial charge in [-0.15, -0.1) is 0 Å². The first-order chi connectivity index (χ1) is 11.4. The van der Waals surface area contributed by atoms with Crippen molar-refractivity contribution in [3.8, 4) is 0 Å². The van der Waals surface area contributed by atoms with E-state index in [2.05, 4.69) is 11.8 Å². The number of piperazine rings is 1. The van der Waals surface area contributed by atoms with Crippen molar-refractivity contribution in [3.63, 3.8) is 0 Å². The van der Waals surface area contributed by atoms with Crippen molar-refractivity contribution >= 4 is 21.6 Å². The molecule has 1 saturated heterocycles.